The van der Waals surface area contributed by atoms with Gasteiger partial charge in [0.15, 0.2) is 0 Å². The Balaban J connectivity index is 0.825. The molecule has 8 aromatic carbocycles. The summed E-state index contributed by atoms with van der Waals surface area (Å²) >= 11 is 0. The summed E-state index contributed by atoms with van der Waals surface area (Å²) in [5, 5.41) is 0. The molecule has 2 nitrogen and oxygen atoms in total. The van der Waals surface area contributed by atoms with Crippen LogP contribution in [0.15, 0.2) is 182 Å². The van der Waals surface area contributed by atoms with Gasteiger partial charge >= 0.3 is 0 Å². The normalized spacial score (nSPS) is 22.4. The molecular weight excluding hydrogens is 881 g/mol. The summed E-state index contributed by atoms with van der Waals surface area (Å²) in [7, 11) is 0. The van der Waals surface area contributed by atoms with Crippen LogP contribution >= 0.6 is 0 Å². The smallest absolute Gasteiger partial charge is 0.0496 e. The zero-order chi connectivity index (χ0) is 48.7. The van der Waals surface area contributed by atoms with Crippen molar-refractivity contribution in [2.75, 3.05) is 9.80 Å². The van der Waals surface area contributed by atoms with E-state index in [1.54, 1.807) is 5.56 Å². The van der Waals surface area contributed by atoms with Crippen LogP contribution in [0.25, 0.3) is 22.3 Å². The standard InChI is InChI=1S/C71H70N2/c1-70(2)66-43-58(54-14-8-4-9-15-54)28-36-64(66)65-37-35-63(44-67(65)70)73(61-31-26-55(27-32-61)53-12-6-3-7-13-53)69-42-49-19-23-56-22-18-48(20-24-57(69)25-21-49)41-68(56)72(60-16-10-5-11-17-60)62-33-29-59(30-34-62)71-45-50-38-51(46-71)40-52(39-50)47-71/h4-5,8-11,14-18,21-22,25-37,41-44,50-53H,3,6-7,12-13,19-20,23-24,38-40,45-47H2,1-2H3. The van der Waals surface area contributed by atoms with Crippen LogP contribution in [0.3, 0.4) is 0 Å². The molecule has 2 heteroatoms. The molecule has 18 rings (SSSR count). The highest BCUT2D eigenvalue weighted by atomic mass is 15.2. The van der Waals surface area contributed by atoms with Crippen LogP contribution < -0.4 is 9.80 Å². The number of anilines is 6. The third-order valence-electron chi connectivity index (χ3n) is 19.2. The molecule has 0 unspecified atom stereocenters. The lowest BCUT2D eigenvalue weighted by Gasteiger charge is -2.57. The molecule has 0 aliphatic heterocycles. The van der Waals surface area contributed by atoms with Gasteiger partial charge in [0.05, 0.1) is 0 Å². The molecule has 364 valence electrons. The molecule has 10 aliphatic rings. The van der Waals surface area contributed by atoms with E-state index in [0.29, 0.717) is 11.3 Å². The van der Waals surface area contributed by atoms with E-state index in [1.807, 2.05) is 0 Å². The molecule has 0 aromatic heterocycles. The lowest BCUT2D eigenvalue weighted by atomic mass is 9.48. The molecule has 0 atom stereocenters. The fraction of sp³-hybridized carbons (Fsp3) is 0.324. The van der Waals surface area contributed by atoms with Crippen LogP contribution in [0, 0.1) is 17.8 Å². The average molecular weight is 951 g/mol. The topological polar surface area (TPSA) is 6.48 Å². The van der Waals surface area contributed by atoms with Gasteiger partial charge in [-0.25, -0.2) is 0 Å². The molecule has 5 fully saturated rings. The van der Waals surface area contributed by atoms with Crippen molar-refractivity contribution in [3.05, 3.63) is 226 Å². The summed E-state index contributed by atoms with van der Waals surface area (Å²) in [6.45, 7) is 4.86. The lowest BCUT2D eigenvalue weighted by Crippen LogP contribution is -2.48. The predicted molar refractivity (Wildman–Crippen MR) is 306 cm³/mol. The number of aryl methyl sites for hydroxylation is 4. The van der Waals surface area contributed by atoms with Gasteiger partial charge < -0.3 is 9.80 Å². The zero-order valence-electron chi connectivity index (χ0n) is 43.1. The van der Waals surface area contributed by atoms with Crippen molar-refractivity contribution in [1.82, 2.24) is 0 Å². The van der Waals surface area contributed by atoms with Gasteiger partial charge in [-0.05, 0) is 240 Å². The second-order valence-corrected chi connectivity index (χ2v) is 24.1. The van der Waals surface area contributed by atoms with Crippen molar-refractivity contribution in [3.8, 4) is 22.3 Å². The van der Waals surface area contributed by atoms with Crippen molar-refractivity contribution in [1.29, 1.82) is 0 Å². The average Bonchev–Trinajstić information content (AvgIpc) is 3.65. The molecule has 8 aromatic rings. The van der Waals surface area contributed by atoms with E-state index < -0.39 is 0 Å². The first-order valence-electron chi connectivity index (χ1n) is 28.3. The molecule has 5 saturated carbocycles. The van der Waals surface area contributed by atoms with E-state index >= 15 is 0 Å². The van der Waals surface area contributed by atoms with Gasteiger partial charge in [0.2, 0.25) is 0 Å². The Bertz CT molecular complexity index is 3280. The van der Waals surface area contributed by atoms with Crippen molar-refractivity contribution >= 4 is 34.1 Å². The van der Waals surface area contributed by atoms with E-state index in [4.69, 9.17) is 0 Å². The third kappa shape index (κ3) is 8.07. The molecule has 0 saturated heterocycles. The number of hydrogen-bond donors (Lipinski definition) is 0. The van der Waals surface area contributed by atoms with Gasteiger partial charge in [0.1, 0.15) is 0 Å². The van der Waals surface area contributed by atoms with Crippen LogP contribution in [0.1, 0.15) is 135 Å². The fourth-order valence-corrected chi connectivity index (χ4v) is 15.8. The Morgan fingerprint density at radius 3 is 1.52 bits per heavy atom. The Morgan fingerprint density at radius 2 is 0.918 bits per heavy atom. The summed E-state index contributed by atoms with van der Waals surface area (Å²) in [5.74, 6) is 3.49. The van der Waals surface area contributed by atoms with Gasteiger partial charge in [-0.15, -0.1) is 0 Å². The molecule has 0 heterocycles. The number of fused-ring (bicyclic) bond motifs is 3. The molecule has 0 spiro atoms. The minimum Gasteiger partial charge on any atom is -0.310 e. The summed E-state index contributed by atoms with van der Waals surface area (Å²) < 4.78 is 0. The van der Waals surface area contributed by atoms with Crippen molar-refractivity contribution in [2.45, 2.75) is 127 Å². The monoisotopic (exact) mass is 951 g/mol. The van der Waals surface area contributed by atoms with E-state index in [1.165, 1.54) is 166 Å². The minimum atomic E-state index is -0.156. The number of hydrogen-bond acceptors (Lipinski definition) is 2. The first kappa shape index (κ1) is 45.0. The van der Waals surface area contributed by atoms with Crippen LogP contribution in [0.2, 0.25) is 0 Å². The Labute approximate surface area is 435 Å². The van der Waals surface area contributed by atoms with Gasteiger partial charge in [0, 0.05) is 39.5 Å². The molecule has 73 heavy (non-hydrogen) atoms. The highest BCUT2D eigenvalue weighted by molar-refractivity contribution is 5.88. The number of para-hydroxylation sites is 1. The third-order valence-corrected chi connectivity index (χ3v) is 19.2. The molecule has 0 N–H and O–H groups in total. The molecule has 0 radical (unpaired) electrons. The maximum absolute atomic E-state index is 2.61. The Morgan fingerprint density at radius 1 is 0.411 bits per heavy atom. The maximum Gasteiger partial charge on any atom is 0.0496 e. The van der Waals surface area contributed by atoms with Crippen molar-refractivity contribution in [2.24, 2.45) is 17.8 Å². The largest absolute Gasteiger partial charge is 0.310 e. The summed E-state index contributed by atoms with van der Waals surface area (Å²) in [4.78, 5) is 5.18. The highest BCUT2D eigenvalue weighted by Gasteiger charge is 2.51. The van der Waals surface area contributed by atoms with E-state index in [0.717, 1.165) is 43.4 Å². The highest BCUT2D eigenvalue weighted by Crippen LogP contribution is 2.61. The maximum atomic E-state index is 2.61. The van der Waals surface area contributed by atoms with Crippen LogP contribution in [-0.2, 0) is 36.5 Å². The van der Waals surface area contributed by atoms with Crippen molar-refractivity contribution in [3.63, 3.8) is 0 Å². The first-order valence-corrected chi connectivity index (χ1v) is 28.3. The van der Waals surface area contributed by atoms with Gasteiger partial charge in [-0.2, -0.15) is 0 Å². The van der Waals surface area contributed by atoms with Crippen LogP contribution in [0.4, 0.5) is 34.1 Å². The molecule has 10 aliphatic carbocycles. The zero-order valence-corrected chi connectivity index (χ0v) is 43.1. The molecular formula is C71H70N2. The number of benzene rings is 8. The second-order valence-electron chi connectivity index (χ2n) is 24.1. The summed E-state index contributed by atoms with van der Waals surface area (Å²) in [6, 6.07) is 71.1. The summed E-state index contributed by atoms with van der Waals surface area (Å²) in [5.41, 5.74) is 24.5. The van der Waals surface area contributed by atoms with E-state index in [9.17, 15) is 0 Å². The molecule has 0 amide bonds. The quantitative estimate of drug-likeness (QED) is 0.142. The second kappa shape index (κ2) is 18.1. The van der Waals surface area contributed by atoms with Crippen LogP contribution in [-0.4, -0.2) is 0 Å². The SMILES string of the molecule is CC1(C)c2cc(-c3ccccc3)ccc2-c2ccc(N(c3ccc(C4CCCCC4)cc3)c3cc4ccc3CCc3ccc(c(N(c5ccccc5)c5ccc(C67CC8CC(CC(C8)C6)C7)cc5)c3)CC4)cc21. The first-order chi connectivity index (χ1) is 35.8. The van der Waals surface area contributed by atoms with E-state index in [-0.39, 0.29) is 5.41 Å². The number of nitrogens with zero attached hydrogens (tertiary/aromatic N) is 2. The van der Waals surface area contributed by atoms with Gasteiger partial charge in [-0.1, -0.05) is 148 Å². The van der Waals surface area contributed by atoms with Gasteiger partial charge in [-0.3, -0.25) is 0 Å². The predicted octanol–water partition coefficient (Wildman–Crippen LogP) is 19.0. The van der Waals surface area contributed by atoms with Crippen molar-refractivity contribution < 1.29 is 0 Å². The minimum absolute atomic E-state index is 0.156. The fourth-order valence-electron chi connectivity index (χ4n) is 15.8. The Hall–Kier alpha value is -6.64. The summed E-state index contributed by atoms with van der Waals surface area (Å²) in [6.07, 6.45) is 19.1. The van der Waals surface area contributed by atoms with Gasteiger partial charge in [0.25, 0.3) is 0 Å². The van der Waals surface area contributed by atoms with E-state index in [2.05, 4.69) is 206 Å². The lowest BCUT2D eigenvalue weighted by molar-refractivity contribution is -0.00518. The van der Waals surface area contributed by atoms with Crippen LogP contribution in [0.5, 0.6) is 0 Å². The molecule has 8 bridgehead atoms. The number of rotatable bonds is 9. The Kier molecular flexibility index (Phi) is 11.1.